The molecule has 0 aromatic rings. The largest absolute Gasteiger partial charge is 0.373 e. The van der Waals surface area contributed by atoms with Gasteiger partial charge in [-0.3, -0.25) is 4.90 Å². The molecular formula is C13H28N2O. The third-order valence-electron chi connectivity index (χ3n) is 3.12. The van der Waals surface area contributed by atoms with Gasteiger partial charge < -0.3 is 10.1 Å². The van der Waals surface area contributed by atoms with E-state index >= 15 is 0 Å². The number of nitrogens with zero attached hydrogens (tertiary/aromatic N) is 1. The van der Waals surface area contributed by atoms with Crippen LogP contribution in [0.4, 0.5) is 0 Å². The van der Waals surface area contributed by atoms with Gasteiger partial charge >= 0.3 is 0 Å². The molecule has 16 heavy (non-hydrogen) atoms. The Morgan fingerprint density at radius 3 is 2.50 bits per heavy atom. The average Bonchev–Trinajstić information content (AvgIpc) is 2.22. The van der Waals surface area contributed by atoms with E-state index in [2.05, 4.69) is 37.9 Å². The van der Waals surface area contributed by atoms with E-state index in [0.717, 1.165) is 19.6 Å². The lowest BCUT2D eigenvalue weighted by Gasteiger charge is -2.35. The first kappa shape index (κ1) is 13.9. The number of nitrogens with one attached hydrogen (secondary N) is 1. The van der Waals surface area contributed by atoms with Crippen LogP contribution in [0.3, 0.4) is 0 Å². The monoisotopic (exact) mass is 228 g/mol. The van der Waals surface area contributed by atoms with E-state index in [1.54, 1.807) is 0 Å². The minimum Gasteiger partial charge on any atom is -0.373 e. The van der Waals surface area contributed by atoms with Gasteiger partial charge in [0.15, 0.2) is 0 Å². The van der Waals surface area contributed by atoms with Crippen molar-refractivity contribution in [1.82, 2.24) is 10.2 Å². The van der Waals surface area contributed by atoms with Crippen molar-refractivity contribution in [3.05, 3.63) is 0 Å². The fraction of sp³-hybridized carbons (Fsp3) is 1.00. The van der Waals surface area contributed by atoms with E-state index < -0.39 is 0 Å². The third-order valence-corrected chi connectivity index (χ3v) is 3.12. The summed E-state index contributed by atoms with van der Waals surface area (Å²) in [6, 6.07) is 0.633. The van der Waals surface area contributed by atoms with Crippen molar-refractivity contribution in [1.29, 1.82) is 0 Å². The number of ether oxygens (including phenoxy) is 1. The van der Waals surface area contributed by atoms with E-state index in [9.17, 15) is 0 Å². The molecule has 3 atom stereocenters. The van der Waals surface area contributed by atoms with Gasteiger partial charge in [0, 0.05) is 19.1 Å². The van der Waals surface area contributed by atoms with Crippen molar-refractivity contribution in [3.63, 3.8) is 0 Å². The summed E-state index contributed by atoms with van der Waals surface area (Å²) in [5.74, 6) is 0. The number of hydrogen-bond donors (Lipinski definition) is 1. The van der Waals surface area contributed by atoms with Gasteiger partial charge in [-0.05, 0) is 46.7 Å². The maximum atomic E-state index is 5.73. The molecule has 1 rings (SSSR count). The Morgan fingerprint density at radius 2 is 1.94 bits per heavy atom. The highest BCUT2D eigenvalue weighted by atomic mass is 16.5. The third kappa shape index (κ3) is 5.28. The molecule has 0 bridgehead atoms. The minimum atomic E-state index is 0.391. The quantitative estimate of drug-likeness (QED) is 0.751. The molecule has 0 aliphatic carbocycles. The summed E-state index contributed by atoms with van der Waals surface area (Å²) in [5.41, 5.74) is 0. The second-order valence-corrected chi connectivity index (χ2v) is 5.16. The summed E-state index contributed by atoms with van der Waals surface area (Å²) in [4.78, 5) is 2.53. The van der Waals surface area contributed by atoms with E-state index in [-0.39, 0.29) is 0 Å². The molecule has 96 valence electrons. The topological polar surface area (TPSA) is 24.5 Å². The highest BCUT2D eigenvalue weighted by molar-refractivity contribution is 4.74. The van der Waals surface area contributed by atoms with E-state index in [0.29, 0.717) is 18.2 Å². The number of hydrogen-bond acceptors (Lipinski definition) is 3. The molecule has 0 aromatic carbocycles. The summed E-state index contributed by atoms with van der Waals surface area (Å²) < 4.78 is 5.73. The van der Waals surface area contributed by atoms with Gasteiger partial charge in [-0.1, -0.05) is 6.92 Å². The van der Waals surface area contributed by atoms with Crippen LogP contribution in [0.5, 0.6) is 0 Å². The van der Waals surface area contributed by atoms with Crippen LogP contribution in [-0.2, 0) is 4.74 Å². The summed E-state index contributed by atoms with van der Waals surface area (Å²) in [5, 5.41) is 3.54. The smallest absolute Gasteiger partial charge is 0.0678 e. The molecule has 1 unspecified atom stereocenters. The molecule has 1 aliphatic rings. The van der Waals surface area contributed by atoms with Gasteiger partial charge in [-0.15, -0.1) is 0 Å². The molecule has 0 radical (unpaired) electrons. The molecule has 0 spiro atoms. The van der Waals surface area contributed by atoms with Crippen LogP contribution >= 0.6 is 0 Å². The van der Waals surface area contributed by atoms with Crippen LogP contribution < -0.4 is 5.32 Å². The van der Waals surface area contributed by atoms with Gasteiger partial charge in [0.2, 0.25) is 0 Å². The lowest BCUT2D eigenvalue weighted by Crippen LogP contribution is -2.46. The normalized spacial score (nSPS) is 29.2. The average molecular weight is 228 g/mol. The molecule has 1 fully saturated rings. The maximum Gasteiger partial charge on any atom is 0.0678 e. The van der Waals surface area contributed by atoms with Crippen molar-refractivity contribution in [2.24, 2.45) is 0 Å². The first-order valence-corrected chi connectivity index (χ1v) is 6.73. The van der Waals surface area contributed by atoms with Crippen molar-refractivity contribution < 1.29 is 4.74 Å². The number of morpholine rings is 1. The standard InChI is InChI=1S/C13H28N2O/c1-5-7-14-11(2)6-8-15-9-12(3)16-13(4)10-15/h11-14H,5-10H2,1-4H3/t11?,12-,13+. The summed E-state index contributed by atoms with van der Waals surface area (Å²) >= 11 is 0. The van der Waals surface area contributed by atoms with Crippen LogP contribution in [0.25, 0.3) is 0 Å². The molecule has 0 saturated carbocycles. The highest BCUT2D eigenvalue weighted by Gasteiger charge is 2.21. The maximum absolute atomic E-state index is 5.73. The lowest BCUT2D eigenvalue weighted by molar-refractivity contribution is -0.0684. The van der Waals surface area contributed by atoms with E-state index in [4.69, 9.17) is 4.74 Å². The number of rotatable bonds is 6. The van der Waals surface area contributed by atoms with Crippen LogP contribution in [0.15, 0.2) is 0 Å². The zero-order valence-corrected chi connectivity index (χ0v) is 11.3. The molecule has 1 aliphatic heterocycles. The lowest BCUT2D eigenvalue weighted by atomic mass is 10.2. The molecule has 1 saturated heterocycles. The Labute approximate surface area is 101 Å². The predicted molar refractivity (Wildman–Crippen MR) is 68.8 cm³/mol. The fourth-order valence-corrected chi connectivity index (χ4v) is 2.34. The second kappa shape index (κ2) is 7.25. The molecule has 0 aromatic heterocycles. The Morgan fingerprint density at radius 1 is 1.31 bits per heavy atom. The van der Waals surface area contributed by atoms with E-state index in [1.165, 1.54) is 19.4 Å². The first-order chi connectivity index (χ1) is 7.61. The van der Waals surface area contributed by atoms with Crippen LogP contribution in [-0.4, -0.2) is 49.3 Å². The Hall–Kier alpha value is -0.120. The van der Waals surface area contributed by atoms with Crippen LogP contribution in [0, 0.1) is 0 Å². The highest BCUT2D eigenvalue weighted by Crippen LogP contribution is 2.11. The first-order valence-electron chi connectivity index (χ1n) is 6.73. The summed E-state index contributed by atoms with van der Waals surface area (Å²) in [7, 11) is 0. The zero-order chi connectivity index (χ0) is 12.0. The molecule has 1 N–H and O–H groups in total. The van der Waals surface area contributed by atoms with Crippen LogP contribution in [0.2, 0.25) is 0 Å². The molecule has 1 heterocycles. The van der Waals surface area contributed by atoms with Crippen LogP contribution in [0.1, 0.15) is 40.5 Å². The van der Waals surface area contributed by atoms with Gasteiger partial charge in [0.05, 0.1) is 12.2 Å². The molecule has 3 heteroatoms. The van der Waals surface area contributed by atoms with Crippen molar-refractivity contribution >= 4 is 0 Å². The Kier molecular flexibility index (Phi) is 6.32. The molecular weight excluding hydrogens is 200 g/mol. The fourth-order valence-electron chi connectivity index (χ4n) is 2.34. The predicted octanol–water partition coefficient (Wildman–Crippen LogP) is 1.87. The summed E-state index contributed by atoms with van der Waals surface area (Å²) in [6.07, 6.45) is 3.24. The zero-order valence-electron chi connectivity index (χ0n) is 11.3. The van der Waals surface area contributed by atoms with Gasteiger partial charge in [-0.25, -0.2) is 0 Å². The SMILES string of the molecule is CCCNC(C)CCN1C[C@@H](C)O[C@@H](C)C1. The molecule has 3 nitrogen and oxygen atoms in total. The van der Waals surface area contributed by atoms with Gasteiger partial charge in [0.25, 0.3) is 0 Å². The van der Waals surface area contributed by atoms with Crippen molar-refractivity contribution in [2.75, 3.05) is 26.2 Å². The second-order valence-electron chi connectivity index (χ2n) is 5.16. The Bertz CT molecular complexity index is 177. The van der Waals surface area contributed by atoms with Crippen molar-refractivity contribution in [3.8, 4) is 0 Å². The minimum absolute atomic E-state index is 0.391. The Balaban J connectivity index is 2.16. The van der Waals surface area contributed by atoms with Crippen molar-refractivity contribution in [2.45, 2.75) is 58.8 Å². The van der Waals surface area contributed by atoms with Gasteiger partial charge in [-0.2, -0.15) is 0 Å². The van der Waals surface area contributed by atoms with E-state index in [1.807, 2.05) is 0 Å². The molecule has 0 amide bonds. The van der Waals surface area contributed by atoms with Gasteiger partial charge in [0.1, 0.15) is 0 Å². The summed E-state index contributed by atoms with van der Waals surface area (Å²) in [6.45, 7) is 13.3.